The van der Waals surface area contributed by atoms with Gasteiger partial charge in [0.05, 0.1) is 16.8 Å². The summed E-state index contributed by atoms with van der Waals surface area (Å²) in [6, 6.07) is 61.9. The van der Waals surface area contributed by atoms with Crippen molar-refractivity contribution < 1.29 is 8.83 Å². The van der Waals surface area contributed by atoms with Crippen molar-refractivity contribution >= 4 is 71.7 Å². The lowest BCUT2D eigenvalue weighted by Gasteiger charge is -2.28. The highest BCUT2D eigenvalue weighted by Crippen LogP contribution is 2.48. The Bertz CT molecular complexity index is 2810. The normalized spacial score (nSPS) is 11.7. The molecule has 2 heterocycles. The standard InChI is InChI=1S/C46H29NO2/c1-3-13-30(14-4-1)31-25-27-33(28-26-31)47(40-22-12-24-43-44(40)38-19-9-10-23-42(38)48-43)41-29-39-37-21-11-20-34(32-15-5-2-6-16-32)45(37)49-46(39)36-18-8-7-17-35(36)41/h1-29H. The maximum Gasteiger partial charge on any atom is 0.143 e. The van der Waals surface area contributed by atoms with E-state index in [9.17, 15) is 0 Å². The van der Waals surface area contributed by atoms with Crippen molar-refractivity contribution in [3.8, 4) is 22.3 Å². The van der Waals surface area contributed by atoms with Gasteiger partial charge in [-0.3, -0.25) is 0 Å². The van der Waals surface area contributed by atoms with Crippen LogP contribution in [0.25, 0.3) is 76.9 Å². The summed E-state index contributed by atoms with van der Waals surface area (Å²) >= 11 is 0. The van der Waals surface area contributed by atoms with Gasteiger partial charge in [-0.05, 0) is 53.1 Å². The molecule has 3 heteroatoms. The summed E-state index contributed by atoms with van der Waals surface area (Å²) in [5.74, 6) is 0. The molecule has 0 aliphatic carbocycles. The summed E-state index contributed by atoms with van der Waals surface area (Å²) in [7, 11) is 0. The molecule has 0 spiro atoms. The topological polar surface area (TPSA) is 29.5 Å². The number of rotatable bonds is 5. The average Bonchev–Trinajstić information content (AvgIpc) is 3.75. The Morgan fingerprint density at radius 2 is 0.939 bits per heavy atom. The fraction of sp³-hybridized carbons (Fsp3) is 0. The SMILES string of the molecule is c1ccc(-c2ccc(N(c3cc4c5cccc(-c6ccccc6)c5oc4c4ccccc34)c3cccc4oc5ccccc5c34)cc2)cc1. The number of hydrogen-bond donors (Lipinski definition) is 0. The molecular weight excluding hydrogens is 599 g/mol. The number of benzene rings is 8. The third-order valence-electron chi connectivity index (χ3n) is 9.66. The van der Waals surface area contributed by atoms with Crippen LogP contribution in [0.4, 0.5) is 17.1 Å². The maximum absolute atomic E-state index is 6.84. The van der Waals surface area contributed by atoms with E-state index in [0.29, 0.717) is 0 Å². The first-order chi connectivity index (χ1) is 24.3. The molecule has 0 saturated heterocycles. The molecule has 49 heavy (non-hydrogen) atoms. The van der Waals surface area contributed by atoms with Crippen molar-refractivity contribution in [1.29, 1.82) is 0 Å². The van der Waals surface area contributed by atoms with Gasteiger partial charge in [-0.25, -0.2) is 0 Å². The summed E-state index contributed by atoms with van der Waals surface area (Å²) in [6.45, 7) is 0. The lowest BCUT2D eigenvalue weighted by Crippen LogP contribution is -2.11. The van der Waals surface area contributed by atoms with Crippen LogP contribution >= 0.6 is 0 Å². The van der Waals surface area contributed by atoms with Crippen LogP contribution in [-0.2, 0) is 0 Å². The fourth-order valence-corrected chi connectivity index (χ4v) is 7.41. The molecule has 2 aromatic heterocycles. The van der Waals surface area contributed by atoms with Gasteiger partial charge in [-0.1, -0.05) is 140 Å². The van der Waals surface area contributed by atoms with Crippen LogP contribution in [0.15, 0.2) is 185 Å². The molecule has 0 N–H and O–H groups in total. The van der Waals surface area contributed by atoms with E-state index in [1.165, 1.54) is 11.1 Å². The quantitative estimate of drug-likeness (QED) is 0.190. The van der Waals surface area contributed by atoms with Gasteiger partial charge in [0.1, 0.15) is 22.3 Å². The molecule has 0 radical (unpaired) electrons. The van der Waals surface area contributed by atoms with Gasteiger partial charge in [0, 0.05) is 38.2 Å². The highest BCUT2D eigenvalue weighted by atomic mass is 16.3. The van der Waals surface area contributed by atoms with Crippen LogP contribution in [0.2, 0.25) is 0 Å². The predicted octanol–water partition coefficient (Wildman–Crippen LogP) is 13.4. The van der Waals surface area contributed by atoms with Crippen molar-refractivity contribution in [2.45, 2.75) is 0 Å². The van der Waals surface area contributed by atoms with Gasteiger partial charge in [0.25, 0.3) is 0 Å². The van der Waals surface area contributed by atoms with Gasteiger partial charge in [0.15, 0.2) is 0 Å². The van der Waals surface area contributed by atoms with Crippen LogP contribution in [-0.4, -0.2) is 0 Å². The van der Waals surface area contributed by atoms with Crippen LogP contribution in [0.5, 0.6) is 0 Å². The van der Waals surface area contributed by atoms with E-state index in [1.54, 1.807) is 0 Å². The zero-order chi connectivity index (χ0) is 32.3. The smallest absolute Gasteiger partial charge is 0.143 e. The number of furan rings is 2. The van der Waals surface area contributed by atoms with Crippen molar-refractivity contribution in [2.75, 3.05) is 4.90 Å². The second-order valence-electron chi connectivity index (χ2n) is 12.5. The highest BCUT2D eigenvalue weighted by Gasteiger charge is 2.24. The first-order valence-corrected chi connectivity index (χ1v) is 16.6. The molecule has 0 aliphatic rings. The zero-order valence-corrected chi connectivity index (χ0v) is 26.5. The summed E-state index contributed by atoms with van der Waals surface area (Å²) in [5.41, 5.74) is 11.3. The monoisotopic (exact) mass is 627 g/mol. The van der Waals surface area contributed by atoms with Gasteiger partial charge >= 0.3 is 0 Å². The summed E-state index contributed by atoms with van der Waals surface area (Å²) < 4.78 is 13.3. The average molecular weight is 628 g/mol. The van der Waals surface area contributed by atoms with Gasteiger partial charge < -0.3 is 13.7 Å². The molecule has 0 fully saturated rings. The fourth-order valence-electron chi connectivity index (χ4n) is 7.41. The van der Waals surface area contributed by atoms with Crippen molar-refractivity contribution in [1.82, 2.24) is 0 Å². The highest BCUT2D eigenvalue weighted by molar-refractivity contribution is 6.22. The minimum Gasteiger partial charge on any atom is -0.456 e. The van der Waals surface area contributed by atoms with Crippen molar-refractivity contribution in [2.24, 2.45) is 0 Å². The van der Waals surface area contributed by atoms with E-state index in [2.05, 4.69) is 163 Å². The maximum atomic E-state index is 6.84. The summed E-state index contributed by atoms with van der Waals surface area (Å²) in [6.07, 6.45) is 0. The molecule has 3 nitrogen and oxygen atoms in total. The van der Waals surface area contributed by atoms with Gasteiger partial charge in [0.2, 0.25) is 0 Å². The molecule has 0 bridgehead atoms. The Morgan fingerprint density at radius 1 is 0.347 bits per heavy atom. The number of para-hydroxylation sites is 2. The molecule has 0 amide bonds. The van der Waals surface area contributed by atoms with Crippen LogP contribution < -0.4 is 4.90 Å². The molecule has 0 aliphatic heterocycles. The summed E-state index contributed by atoms with van der Waals surface area (Å²) in [4.78, 5) is 2.39. The Morgan fingerprint density at radius 3 is 1.73 bits per heavy atom. The Kier molecular flexibility index (Phi) is 6.18. The van der Waals surface area contributed by atoms with Gasteiger partial charge in [-0.2, -0.15) is 0 Å². The molecule has 8 aromatic carbocycles. The summed E-state index contributed by atoms with van der Waals surface area (Å²) in [5, 5.41) is 6.52. The molecule has 230 valence electrons. The molecule has 10 aromatic rings. The van der Waals surface area contributed by atoms with E-state index in [-0.39, 0.29) is 0 Å². The molecule has 0 unspecified atom stereocenters. The third kappa shape index (κ3) is 4.37. The molecule has 10 rings (SSSR count). The number of anilines is 3. The first-order valence-electron chi connectivity index (χ1n) is 16.6. The van der Waals surface area contributed by atoms with Crippen LogP contribution in [0.1, 0.15) is 0 Å². The van der Waals surface area contributed by atoms with E-state index < -0.39 is 0 Å². The molecular formula is C46H29NO2. The van der Waals surface area contributed by atoms with Crippen molar-refractivity contribution in [3.05, 3.63) is 176 Å². The van der Waals surface area contributed by atoms with E-state index in [1.807, 2.05) is 18.2 Å². The predicted molar refractivity (Wildman–Crippen MR) is 204 cm³/mol. The minimum atomic E-state index is 0.858. The lowest BCUT2D eigenvalue weighted by molar-refractivity contribution is 0.669. The van der Waals surface area contributed by atoms with E-state index in [4.69, 9.17) is 8.83 Å². The third-order valence-corrected chi connectivity index (χ3v) is 9.66. The minimum absolute atomic E-state index is 0.858. The number of hydrogen-bond acceptors (Lipinski definition) is 3. The second kappa shape index (κ2) is 11.0. The van der Waals surface area contributed by atoms with Crippen molar-refractivity contribution in [3.63, 3.8) is 0 Å². The Labute approximate surface area is 282 Å². The van der Waals surface area contributed by atoms with Crippen LogP contribution in [0.3, 0.4) is 0 Å². The molecule has 0 atom stereocenters. The van der Waals surface area contributed by atoms with Crippen LogP contribution in [0, 0.1) is 0 Å². The van der Waals surface area contributed by atoms with E-state index in [0.717, 1.165) is 82.8 Å². The molecule has 0 saturated carbocycles. The first kappa shape index (κ1) is 27.5. The Hall–Kier alpha value is -6.58. The number of nitrogens with zero attached hydrogens (tertiary/aromatic N) is 1. The van der Waals surface area contributed by atoms with Gasteiger partial charge in [-0.15, -0.1) is 0 Å². The largest absolute Gasteiger partial charge is 0.456 e. The lowest BCUT2D eigenvalue weighted by atomic mass is 9.99. The number of fused-ring (bicyclic) bond motifs is 8. The Balaban J connectivity index is 1.29. The zero-order valence-electron chi connectivity index (χ0n) is 26.5. The van der Waals surface area contributed by atoms with E-state index >= 15 is 0 Å². The second-order valence-corrected chi connectivity index (χ2v) is 12.5.